The number of fused-ring (bicyclic) bond motifs is 1. The Morgan fingerprint density at radius 3 is 2.96 bits per heavy atom. The smallest absolute Gasteiger partial charge is 0.171 e. The number of aryl methyl sites for hydroxylation is 1. The van der Waals surface area contributed by atoms with Gasteiger partial charge in [-0.15, -0.1) is 0 Å². The Kier molecular flexibility index (Phi) is 5.14. The van der Waals surface area contributed by atoms with E-state index < -0.39 is 0 Å². The highest BCUT2D eigenvalue weighted by molar-refractivity contribution is 5.86. The van der Waals surface area contributed by atoms with E-state index in [4.69, 9.17) is 10.7 Å². The number of nitrogen functional groups attached to an aromatic ring is 1. The molecule has 132 valence electrons. The fraction of sp³-hybridized carbons (Fsp3) is 0.389. The molecule has 7 nitrogen and oxygen atoms in total. The molecule has 0 amide bonds. The Balaban J connectivity index is 1.85. The molecule has 0 aliphatic heterocycles. The van der Waals surface area contributed by atoms with Crippen LogP contribution in [-0.2, 0) is 0 Å². The third kappa shape index (κ3) is 3.71. The number of H-pyrrole nitrogens is 1. The Labute approximate surface area is 147 Å². The maximum absolute atomic E-state index is 6.05. The summed E-state index contributed by atoms with van der Waals surface area (Å²) in [5.74, 6) is 1.17. The Bertz CT molecular complexity index is 856. The van der Waals surface area contributed by atoms with Crippen molar-refractivity contribution in [1.82, 2.24) is 25.5 Å². The molecule has 0 radical (unpaired) electrons. The lowest BCUT2D eigenvalue weighted by atomic mass is 10.1. The summed E-state index contributed by atoms with van der Waals surface area (Å²) in [4.78, 5) is 11.2. The SMILES string of the molecule is CCNCCCN(C)c1nc(-c2ccc3n[nH]c(C)c3c2)cnc1N. The standard InChI is InChI=1S/C18H25N7/c1-4-20-8-5-9-25(3)18-17(19)21-11-16(22-18)13-6-7-15-14(10-13)12(2)23-24-15/h6-7,10-11,20H,4-5,8-9H2,1-3H3,(H2,19,21)(H,23,24). The van der Waals surface area contributed by atoms with Crippen LogP contribution < -0.4 is 16.0 Å². The van der Waals surface area contributed by atoms with Crippen molar-refractivity contribution < 1.29 is 0 Å². The molecule has 0 fully saturated rings. The molecule has 1 aromatic carbocycles. The lowest BCUT2D eigenvalue weighted by Crippen LogP contribution is -2.25. The number of anilines is 2. The minimum atomic E-state index is 0.454. The van der Waals surface area contributed by atoms with Gasteiger partial charge in [0, 0.05) is 30.2 Å². The van der Waals surface area contributed by atoms with E-state index in [-0.39, 0.29) is 0 Å². The van der Waals surface area contributed by atoms with Gasteiger partial charge in [0.1, 0.15) is 0 Å². The van der Waals surface area contributed by atoms with Gasteiger partial charge in [0.2, 0.25) is 0 Å². The highest BCUT2D eigenvalue weighted by Crippen LogP contribution is 2.26. The second-order valence-electron chi connectivity index (χ2n) is 6.17. The second-order valence-corrected chi connectivity index (χ2v) is 6.17. The van der Waals surface area contributed by atoms with Gasteiger partial charge < -0.3 is 16.0 Å². The summed E-state index contributed by atoms with van der Waals surface area (Å²) in [6, 6.07) is 6.09. The number of aromatic amines is 1. The highest BCUT2D eigenvalue weighted by Gasteiger charge is 2.12. The van der Waals surface area contributed by atoms with Crippen LogP contribution in [0.2, 0.25) is 0 Å². The monoisotopic (exact) mass is 339 g/mol. The number of nitrogens with zero attached hydrogens (tertiary/aromatic N) is 4. The average Bonchev–Trinajstić information content (AvgIpc) is 2.99. The molecule has 0 saturated carbocycles. The molecule has 0 spiro atoms. The van der Waals surface area contributed by atoms with Crippen LogP contribution in [0.15, 0.2) is 24.4 Å². The van der Waals surface area contributed by atoms with E-state index in [0.29, 0.717) is 5.82 Å². The molecule has 2 aromatic heterocycles. The van der Waals surface area contributed by atoms with Gasteiger partial charge in [0.05, 0.1) is 17.4 Å². The molecular weight excluding hydrogens is 314 g/mol. The normalized spacial score (nSPS) is 11.2. The first-order chi connectivity index (χ1) is 12.1. The van der Waals surface area contributed by atoms with Crippen LogP contribution in [0, 0.1) is 6.92 Å². The quantitative estimate of drug-likeness (QED) is 0.572. The molecule has 7 heteroatoms. The number of aromatic nitrogens is 4. The van der Waals surface area contributed by atoms with E-state index >= 15 is 0 Å². The lowest BCUT2D eigenvalue weighted by molar-refractivity contribution is 0.665. The zero-order chi connectivity index (χ0) is 17.8. The minimum Gasteiger partial charge on any atom is -0.381 e. The first kappa shape index (κ1) is 17.2. The lowest BCUT2D eigenvalue weighted by Gasteiger charge is -2.20. The summed E-state index contributed by atoms with van der Waals surface area (Å²) in [6.07, 6.45) is 2.75. The van der Waals surface area contributed by atoms with Gasteiger partial charge >= 0.3 is 0 Å². The summed E-state index contributed by atoms with van der Waals surface area (Å²) >= 11 is 0. The Morgan fingerprint density at radius 2 is 2.16 bits per heavy atom. The van der Waals surface area contributed by atoms with Gasteiger partial charge in [0.25, 0.3) is 0 Å². The summed E-state index contributed by atoms with van der Waals surface area (Å²) in [7, 11) is 2.00. The van der Waals surface area contributed by atoms with Gasteiger partial charge in [-0.2, -0.15) is 5.10 Å². The van der Waals surface area contributed by atoms with Crippen molar-refractivity contribution in [3.8, 4) is 11.3 Å². The fourth-order valence-electron chi connectivity index (χ4n) is 2.83. The van der Waals surface area contributed by atoms with E-state index in [1.165, 1.54) is 0 Å². The van der Waals surface area contributed by atoms with E-state index in [2.05, 4.69) is 38.4 Å². The van der Waals surface area contributed by atoms with Gasteiger partial charge in [-0.1, -0.05) is 13.0 Å². The molecule has 3 aromatic rings. The van der Waals surface area contributed by atoms with E-state index in [0.717, 1.165) is 59.7 Å². The number of hydrogen-bond donors (Lipinski definition) is 3. The van der Waals surface area contributed by atoms with E-state index in [1.807, 2.05) is 26.1 Å². The van der Waals surface area contributed by atoms with Crippen molar-refractivity contribution in [2.24, 2.45) is 0 Å². The average molecular weight is 339 g/mol. The number of hydrogen-bond acceptors (Lipinski definition) is 6. The molecule has 0 aliphatic carbocycles. The molecule has 2 heterocycles. The van der Waals surface area contributed by atoms with Crippen LogP contribution in [0.3, 0.4) is 0 Å². The van der Waals surface area contributed by atoms with Crippen LogP contribution in [0.1, 0.15) is 19.0 Å². The van der Waals surface area contributed by atoms with Gasteiger partial charge in [0.15, 0.2) is 11.6 Å². The largest absolute Gasteiger partial charge is 0.381 e. The predicted octanol–water partition coefficient (Wildman–Crippen LogP) is 2.35. The number of nitrogens with one attached hydrogen (secondary N) is 2. The highest BCUT2D eigenvalue weighted by atomic mass is 15.2. The van der Waals surface area contributed by atoms with Gasteiger partial charge in [-0.05, 0) is 38.6 Å². The van der Waals surface area contributed by atoms with Crippen LogP contribution in [0.5, 0.6) is 0 Å². The summed E-state index contributed by atoms with van der Waals surface area (Å²) in [6.45, 7) is 6.95. The third-order valence-corrected chi connectivity index (χ3v) is 4.28. The second kappa shape index (κ2) is 7.48. The van der Waals surface area contributed by atoms with E-state index in [1.54, 1.807) is 6.20 Å². The first-order valence-corrected chi connectivity index (χ1v) is 8.59. The summed E-state index contributed by atoms with van der Waals surface area (Å²) in [5, 5.41) is 11.7. The summed E-state index contributed by atoms with van der Waals surface area (Å²) in [5.41, 5.74) is 9.86. The number of benzene rings is 1. The number of nitrogens with two attached hydrogens (primary N) is 1. The Morgan fingerprint density at radius 1 is 1.32 bits per heavy atom. The molecule has 4 N–H and O–H groups in total. The Hall–Kier alpha value is -2.67. The molecular formula is C18H25N7. The zero-order valence-corrected chi connectivity index (χ0v) is 15.0. The van der Waals surface area contributed by atoms with Crippen LogP contribution in [0.25, 0.3) is 22.2 Å². The van der Waals surface area contributed by atoms with Gasteiger partial charge in [-0.25, -0.2) is 9.97 Å². The maximum atomic E-state index is 6.05. The molecule has 25 heavy (non-hydrogen) atoms. The molecule has 0 saturated heterocycles. The summed E-state index contributed by atoms with van der Waals surface area (Å²) < 4.78 is 0. The minimum absolute atomic E-state index is 0.454. The van der Waals surface area contributed by atoms with Crippen molar-refractivity contribution in [2.45, 2.75) is 20.3 Å². The zero-order valence-electron chi connectivity index (χ0n) is 15.0. The molecule has 3 rings (SSSR count). The molecule has 0 aliphatic rings. The maximum Gasteiger partial charge on any atom is 0.171 e. The first-order valence-electron chi connectivity index (χ1n) is 8.59. The van der Waals surface area contributed by atoms with E-state index in [9.17, 15) is 0 Å². The van der Waals surface area contributed by atoms with Crippen LogP contribution in [0.4, 0.5) is 11.6 Å². The van der Waals surface area contributed by atoms with Crippen LogP contribution in [-0.4, -0.2) is 46.8 Å². The van der Waals surface area contributed by atoms with Crippen LogP contribution >= 0.6 is 0 Å². The molecule has 0 atom stereocenters. The molecule has 0 unspecified atom stereocenters. The number of rotatable bonds is 7. The molecule has 0 bridgehead atoms. The van der Waals surface area contributed by atoms with Gasteiger partial charge in [-0.3, -0.25) is 5.10 Å². The predicted molar refractivity (Wildman–Crippen MR) is 103 cm³/mol. The van der Waals surface area contributed by atoms with Crippen molar-refractivity contribution >= 4 is 22.5 Å². The fourth-order valence-corrected chi connectivity index (χ4v) is 2.83. The van der Waals surface area contributed by atoms with Crippen molar-refractivity contribution in [3.05, 3.63) is 30.1 Å². The van der Waals surface area contributed by atoms with Crippen molar-refractivity contribution in [3.63, 3.8) is 0 Å². The van der Waals surface area contributed by atoms with Crippen molar-refractivity contribution in [2.75, 3.05) is 37.3 Å². The topological polar surface area (TPSA) is 95.7 Å². The third-order valence-electron chi connectivity index (χ3n) is 4.28. The van der Waals surface area contributed by atoms with Crippen molar-refractivity contribution in [1.29, 1.82) is 0 Å².